The van der Waals surface area contributed by atoms with Crippen molar-refractivity contribution in [2.45, 2.75) is 24.3 Å². The number of amides is 1. The molecule has 2 aromatic rings. The number of carbonyl (C=O) groups is 1. The number of rotatable bonds is 5. The molecule has 1 saturated heterocycles. The van der Waals surface area contributed by atoms with Gasteiger partial charge < -0.3 is 19.7 Å². The van der Waals surface area contributed by atoms with Crippen LogP contribution in [0.25, 0.3) is 0 Å². The highest BCUT2D eigenvalue weighted by Gasteiger charge is 2.34. The zero-order valence-electron chi connectivity index (χ0n) is 17.5. The van der Waals surface area contributed by atoms with Crippen LogP contribution in [0.3, 0.4) is 0 Å². The Morgan fingerprint density at radius 2 is 1.74 bits per heavy atom. The number of methoxy groups -OCH3 is 2. The first-order valence-corrected chi connectivity index (χ1v) is 11.5. The molecule has 0 atom stereocenters. The predicted octanol–water partition coefficient (Wildman–Crippen LogP) is 2.18. The summed E-state index contributed by atoms with van der Waals surface area (Å²) in [7, 11) is -0.465. The number of amidine groups is 1. The molecule has 0 spiro atoms. The number of hydrogen-bond acceptors (Lipinski definition) is 6. The summed E-state index contributed by atoms with van der Waals surface area (Å²) < 4.78 is 39.1. The van der Waals surface area contributed by atoms with Gasteiger partial charge in [-0.05, 0) is 42.7 Å². The molecule has 0 aliphatic carbocycles. The van der Waals surface area contributed by atoms with Gasteiger partial charge in [0.05, 0.1) is 14.2 Å². The van der Waals surface area contributed by atoms with Crippen molar-refractivity contribution in [3.8, 4) is 11.5 Å². The van der Waals surface area contributed by atoms with E-state index in [0.717, 1.165) is 5.56 Å². The van der Waals surface area contributed by atoms with Crippen molar-refractivity contribution < 1.29 is 22.7 Å². The van der Waals surface area contributed by atoms with Gasteiger partial charge in [0, 0.05) is 37.2 Å². The highest BCUT2D eigenvalue weighted by atomic mass is 32.2. The van der Waals surface area contributed by atoms with E-state index in [0.29, 0.717) is 55.4 Å². The Kier molecular flexibility index (Phi) is 5.86. The average molecular weight is 444 g/mol. The zero-order chi connectivity index (χ0) is 22.0. The van der Waals surface area contributed by atoms with Crippen LogP contribution in [0.5, 0.6) is 11.5 Å². The van der Waals surface area contributed by atoms with Crippen molar-refractivity contribution in [3.63, 3.8) is 0 Å². The van der Waals surface area contributed by atoms with E-state index in [1.165, 1.54) is 0 Å². The van der Waals surface area contributed by atoms with Gasteiger partial charge in [0.15, 0.2) is 5.84 Å². The summed E-state index contributed by atoms with van der Waals surface area (Å²) in [5, 5.41) is 2.99. The van der Waals surface area contributed by atoms with Crippen LogP contribution in [0.15, 0.2) is 51.8 Å². The van der Waals surface area contributed by atoms with Gasteiger partial charge in [0.25, 0.3) is 10.0 Å². The molecule has 0 bridgehead atoms. The smallest absolute Gasteiger partial charge is 0.285 e. The number of fused-ring (bicyclic) bond motifs is 1. The van der Waals surface area contributed by atoms with Crippen LogP contribution in [0.4, 0.5) is 0 Å². The van der Waals surface area contributed by atoms with Crippen LogP contribution < -0.4 is 14.8 Å². The van der Waals surface area contributed by atoms with Gasteiger partial charge in [-0.1, -0.05) is 12.1 Å². The predicted molar refractivity (Wildman–Crippen MR) is 116 cm³/mol. The Morgan fingerprint density at radius 3 is 2.39 bits per heavy atom. The number of nitrogens with one attached hydrogen (secondary N) is 1. The summed E-state index contributed by atoms with van der Waals surface area (Å²) in [5.41, 5.74) is 1.53. The molecule has 1 fully saturated rings. The van der Waals surface area contributed by atoms with Gasteiger partial charge in [-0.3, -0.25) is 4.79 Å². The van der Waals surface area contributed by atoms with Crippen LogP contribution in [0.2, 0.25) is 0 Å². The van der Waals surface area contributed by atoms with Gasteiger partial charge in [0.2, 0.25) is 5.91 Å². The second kappa shape index (κ2) is 8.58. The molecule has 31 heavy (non-hydrogen) atoms. The van der Waals surface area contributed by atoms with Crippen molar-refractivity contribution in [2.24, 2.45) is 10.3 Å². The normalized spacial score (nSPS) is 17.6. The molecule has 1 N–H and O–H groups in total. The Bertz CT molecular complexity index is 1100. The van der Waals surface area contributed by atoms with E-state index >= 15 is 0 Å². The molecule has 0 aromatic heterocycles. The number of piperidine rings is 1. The SMILES string of the molecule is COc1cc(CNC(=O)C2CCN(C3=NS(=O)(=O)c4ccccc43)CC2)cc(OC)c1. The Hall–Kier alpha value is -3.07. The van der Waals surface area contributed by atoms with E-state index < -0.39 is 10.0 Å². The maximum absolute atomic E-state index is 12.7. The third kappa shape index (κ3) is 4.36. The second-order valence-corrected chi connectivity index (χ2v) is 9.16. The van der Waals surface area contributed by atoms with Crippen molar-refractivity contribution in [3.05, 3.63) is 53.6 Å². The molecule has 2 heterocycles. The minimum atomic E-state index is -3.64. The molecule has 4 rings (SSSR count). The third-order valence-corrected chi connectivity index (χ3v) is 6.98. The monoisotopic (exact) mass is 443 g/mol. The minimum Gasteiger partial charge on any atom is -0.497 e. The molecular formula is C22H25N3O5S. The van der Waals surface area contributed by atoms with Crippen molar-refractivity contribution >= 4 is 21.8 Å². The summed E-state index contributed by atoms with van der Waals surface area (Å²) in [6.07, 6.45) is 1.27. The Labute approximate surface area is 181 Å². The lowest BCUT2D eigenvalue weighted by Gasteiger charge is -2.32. The Morgan fingerprint density at radius 1 is 1.10 bits per heavy atom. The van der Waals surface area contributed by atoms with Crippen LogP contribution in [0.1, 0.15) is 24.0 Å². The first-order valence-electron chi connectivity index (χ1n) is 10.1. The van der Waals surface area contributed by atoms with Gasteiger partial charge in [-0.2, -0.15) is 8.42 Å². The van der Waals surface area contributed by atoms with E-state index in [-0.39, 0.29) is 16.7 Å². The molecule has 0 radical (unpaired) electrons. The quantitative estimate of drug-likeness (QED) is 0.761. The standard InChI is InChI=1S/C22H25N3O5S/c1-29-17-11-15(12-18(13-17)30-2)14-23-22(26)16-7-9-25(10-8-16)21-19-5-3-4-6-20(19)31(27,28)24-21/h3-6,11-13,16H,7-10,14H2,1-2H3,(H,23,26). The van der Waals surface area contributed by atoms with E-state index in [1.807, 2.05) is 23.1 Å². The zero-order valence-corrected chi connectivity index (χ0v) is 18.3. The number of likely N-dealkylation sites (tertiary alicyclic amines) is 1. The molecule has 2 aliphatic heterocycles. The van der Waals surface area contributed by atoms with Crippen molar-refractivity contribution in [1.82, 2.24) is 10.2 Å². The first kappa shape index (κ1) is 21.2. The topological polar surface area (TPSA) is 97.3 Å². The lowest BCUT2D eigenvalue weighted by atomic mass is 9.95. The summed E-state index contributed by atoms with van der Waals surface area (Å²) in [4.78, 5) is 14.9. The number of nitrogens with zero attached hydrogens (tertiary/aromatic N) is 2. The van der Waals surface area contributed by atoms with E-state index in [2.05, 4.69) is 9.71 Å². The fourth-order valence-corrected chi connectivity index (χ4v) is 5.20. The number of sulfonamides is 1. The minimum absolute atomic E-state index is 0.0113. The van der Waals surface area contributed by atoms with Gasteiger partial charge >= 0.3 is 0 Å². The number of benzene rings is 2. The van der Waals surface area contributed by atoms with Crippen LogP contribution in [-0.2, 0) is 21.4 Å². The largest absolute Gasteiger partial charge is 0.497 e. The highest BCUT2D eigenvalue weighted by Crippen LogP contribution is 2.30. The lowest BCUT2D eigenvalue weighted by molar-refractivity contribution is -0.126. The van der Waals surface area contributed by atoms with Gasteiger partial charge in [-0.15, -0.1) is 4.40 Å². The van der Waals surface area contributed by atoms with Gasteiger partial charge in [-0.25, -0.2) is 0 Å². The summed E-state index contributed by atoms with van der Waals surface area (Å²) >= 11 is 0. The molecule has 2 aromatic carbocycles. The molecule has 9 heteroatoms. The summed E-state index contributed by atoms with van der Waals surface area (Å²) in [6, 6.07) is 12.4. The van der Waals surface area contributed by atoms with E-state index in [9.17, 15) is 13.2 Å². The van der Waals surface area contributed by atoms with Crippen molar-refractivity contribution in [2.75, 3.05) is 27.3 Å². The number of hydrogen-bond donors (Lipinski definition) is 1. The number of ether oxygens (including phenoxy) is 2. The number of carbonyl (C=O) groups excluding carboxylic acids is 1. The maximum atomic E-state index is 12.7. The van der Waals surface area contributed by atoms with E-state index in [4.69, 9.17) is 9.47 Å². The maximum Gasteiger partial charge on any atom is 0.285 e. The molecule has 1 amide bonds. The highest BCUT2D eigenvalue weighted by molar-refractivity contribution is 7.90. The van der Waals surface area contributed by atoms with E-state index in [1.54, 1.807) is 38.5 Å². The second-order valence-electron chi connectivity index (χ2n) is 7.59. The summed E-state index contributed by atoms with van der Waals surface area (Å²) in [6.45, 7) is 1.53. The lowest BCUT2D eigenvalue weighted by Crippen LogP contribution is -2.42. The van der Waals surface area contributed by atoms with Gasteiger partial charge in [0.1, 0.15) is 16.4 Å². The average Bonchev–Trinajstić information content (AvgIpc) is 3.08. The molecule has 0 saturated carbocycles. The fourth-order valence-electron chi connectivity index (χ4n) is 3.97. The third-order valence-electron chi connectivity index (χ3n) is 5.66. The first-order chi connectivity index (χ1) is 14.9. The van der Waals surface area contributed by atoms with Crippen molar-refractivity contribution in [1.29, 1.82) is 0 Å². The van der Waals surface area contributed by atoms with Crippen LogP contribution in [0, 0.1) is 5.92 Å². The summed E-state index contributed by atoms with van der Waals surface area (Å²) in [5.74, 6) is 1.69. The molecule has 2 aliphatic rings. The van der Waals surface area contributed by atoms with Crippen LogP contribution in [-0.4, -0.2) is 52.4 Å². The molecule has 8 nitrogen and oxygen atoms in total. The molecular weight excluding hydrogens is 418 g/mol. The molecule has 0 unspecified atom stereocenters. The fraction of sp³-hybridized carbons (Fsp3) is 0.364. The molecule has 164 valence electrons. The van der Waals surface area contributed by atoms with Crippen LogP contribution >= 0.6 is 0 Å². The Balaban J connectivity index is 1.36.